The number of phenols is 1. The number of aromatic hydroxyl groups is 1. The molecule has 0 bridgehead atoms. The zero-order valence-corrected chi connectivity index (χ0v) is 16.5. The average molecular weight is 385 g/mol. The minimum Gasteiger partial charge on any atom is -0.506 e. The van der Waals surface area contributed by atoms with E-state index in [2.05, 4.69) is 26.1 Å². The van der Waals surface area contributed by atoms with Crippen LogP contribution in [0, 0.1) is 0 Å². The van der Waals surface area contributed by atoms with E-state index in [1.54, 1.807) is 0 Å². The number of nitrogens with one attached hydrogen (secondary N) is 1. The molecule has 6 nitrogen and oxygen atoms in total. The first-order valence-corrected chi connectivity index (χ1v) is 9.22. The van der Waals surface area contributed by atoms with Crippen LogP contribution < -0.4 is 10.1 Å². The molecule has 3 N–H and O–H groups in total. The van der Waals surface area contributed by atoms with E-state index in [0.29, 0.717) is 18.6 Å². The van der Waals surface area contributed by atoms with Gasteiger partial charge in [-0.15, -0.1) is 0 Å². The van der Waals surface area contributed by atoms with Crippen molar-refractivity contribution in [3.63, 3.8) is 0 Å². The van der Waals surface area contributed by atoms with E-state index < -0.39 is 5.97 Å². The van der Waals surface area contributed by atoms with Gasteiger partial charge in [0.05, 0.1) is 18.7 Å². The highest BCUT2D eigenvalue weighted by Gasteiger charge is 2.13. The number of carboxylic acids is 1. The Kier molecular flexibility index (Phi) is 7.04. The standard InChI is InChI=1S/C22H27NO5/c1-22(2,3)16-7-9-17(10-8-16)28-12-4-5-20(25)23-18-13-15(14-21(26)27)6-11-19(18)24/h6-11,13,24H,4-5,12,14H2,1-3H3,(H,23,25)(H,26,27). The van der Waals surface area contributed by atoms with Crippen LogP contribution in [0.15, 0.2) is 42.5 Å². The molecule has 0 fully saturated rings. The summed E-state index contributed by atoms with van der Waals surface area (Å²) in [5.41, 5.74) is 2.03. The van der Waals surface area contributed by atoms with Crippen molar-refractivity contribution in [1.82, 2.24) is 0 Å². The Labute approximate surface area is 165 Å². The second-order valence-electron chi connectivity index (χ2n) is 7.70. The summed E-state index contributed by atoms with van der Waals surface area (Å²) in [6.45, 7) is 6.84. The first-order chi connectivity index (χ1) is 13.1. The summed E-state index contributed by atoms with van der Waals surface area (Å²) in [6.07, 6.45) is 0.566. The Balaban J connectivity index is 1.79. The molecule has 0 aromatic heterocycles. The van der Waals surface area contributed by atoms with Gasteiger partial charge in [-0.3, -0.25) is 9.59 Å². The molecule has 28 heavy (non-hydrogen) atoms. The number of ether oxygens (including phenoxy) is 1. The largest absolute Gasteiger partial charge is 0.506 e. The number of hydrogen-bond donors (Lipinski definition) is 3. The molecule has 0 aliphatic rings. The van der Waals surface area contributed by atoms with Crippen LogP contribution in [-0.4, -0.2) is 28.7 Å². The van der Waals surface area contributed by atoms with Gasteiger partial charge in [-0.25, -0.2) is 0 Å². The summed E-state index contributed by atoms with van der Waals surface area (Å²) in [5.74, 6) is -0.588. The molecule has 1 amide bonds. The predicted octanol–water partition coefficient (Wildman–Crippen LogP) is 4.11. The van der Waals surface area contributed by atoms with Crippen molar-refractivity contribution in [2.45, 2.75) is 45.4 Å². The third kappa shape index (κ3) is 6.61. The molecule has 0 unspecified atom stereocenters. The fourth-order valence-electron chi connectivity index (χ4n) is 2.65. The lowest BCUT2D eigenvalue weighted by Crippen LogP contribution is -2.13. The van der Waals surface area contributed by atoms with Gasteiger partial charge in [0.25, 0.3) is 0 Å². The van der Waals surface area contributed by atoms with Gasteiger partial charge in [0.1, 0.15) is 11.5 Å². The molecule has 0 spiro atoms. The average Bonchev–Trinajstić information content (AvgIpc) is 2.61. The third-order valence-electron chi connectivity index (χ3n) is 4.23. The highest BCUT2D eigenvalue weighted by atomic mass is 16.5. The van der Waals surface area contributed by atoms with Crippen LogP contribution >= 0.6 is 0 Å². The zero-order chi connectivity index (χ0) is 20.7. The Morgan fingerprint density at radius 3 is 2.36 bits per heavy atom. The summed E-state index contributed by atoms with van der Waals surface area (Å²) in [7, 11) is 0. The molecule has 2 rings (SSSR count). The van der Waals surface area contributed by atoms with Crippen molar-refractivity contribution in [3.8, 4) is 11.5 Å². The van der Waals surface area contributed by atoms with Crippen molar-refractivity contribution in [2.24, 2.45) is 0 Å². The zero-order valence-electron chi connectivity index (χ0n) is 16.5. The van der Waals surface area contributed by atoms with Crippen LogP contribution in [0.4, 0.5) is 5.69 Å². The van der Waals surface area contributed by atoms with Crippen LogP contribution in [0.3, 0.4) is 0 Å². The Hall–Kier alpha value is -3.02. The maximum atomic E-state index is 12.1. The summed E-state index contributed by atoms with van der Waals surface area (Å²) in [5, 5.41) is 21.3. The highest BCUT2D eigenvalue weighted by molar-refractivity contribution is 5.92. The molecule has 0 heterocycles. The van der Waals surface area contributed by atoms with Gasteiger partial charge in [0.2, 0.25) is 5.91 Å². The van der Waals surface area contributed by atoms with Crippen molar-refractivity contribution in [3.05, 3.63) is 53.6 Å². The summed E-state index contributed by atoms with van der Waals surface area (Å²) < 4.78 is 5.67. The smallest absolute Gasteiger partial charge is 0.307 e. The molecular formula is C22H27NO5. The molecule has 6 heteroatoms. The van der Waals surface area contributed by atoms with Crippen molar-refractivity contribution in [2.75, 3.05) is 11.9 Å². The van der Waals surface area contributed by atoms with E-state index in [9.17, 15) is 14.7 Å². The number of phenolic OH excluding ortho intramolecular Hbond substituents is 1. The Morgan fingerprint density at radius 2 is 1.75 bits per heavy atom. The Morgan fingerprint density at radius 1 is 1.07 bits per heavy atom. The normalized spacial score (nSPS) is 11.1. The first kappa shape index (κ1) is 21.3. The molecule has 2 aromatic carbocycles. The third-order valence-corrected chi connectivity index (χ3v) is 4.23. The Bertz CT molecular complexity index is 822. The lowest BCUT2D eigenvalue weighted by molar-refractivity contribution is -0.136. The SMILES string of the molecule is CC(C)(C)c1ccc(OCCCC(=O)Nc2cc(CC(=O)O)ccc2O)cc1. The van der Waals surface area contributed by atoms with Gasteiger partial charge in [0, 0.05) is 6.42 Å². The topological polar surface area (TPSA) is 95.9 Å². The van der Waals surface area contributed by atoms with Crippen LogP contribution in [0.2, 0.25) is 0 Å². The molecule has 0 atom stereocenters. The number of carbonyl (C=O) groups excluding carboxylic acids is 1. The summed E-state index contributed by atoms with van der Waals surface area (Å²) >= 11 is 0. The van der Waals surface area contributed by atoms with Gasteiger partial charge in [0.15, 0.2) is 0 Å². The van der Waals surface area contributed by atoms with Crippen LogP contribution in [0.1, 0.15) is 44.7 Å². The van der Waals surface area contributed by atoms with Crippen molar-refractivity contribution >= 4 is 17.6 Å². The van der Waals surface area contributed by atoms with Crippen molar-refractivity contribution < 1.29 is 24.5 Å². The van der Waals surface area contributed by atoms with Crippen molar-refractivity contribution in [1.29, 1.82) is 0 Å². The fourth-order valence-corrected chi connectivity index (χ4v) is 2.65. The van der Waals surface area contributed by atoms with E-state index >= 15 is 0 Å². The van der Waals surface area contributed by atoms with Crippen LogP contribution in [0.5, 0.6) is 11.5 Å². The number of carboxylic acid groups (broad SMARTS) is 1. The highest BCUT2D eigenvalue weighted by Crippen LogP contribution is 2.25. The predicted molar refractivity (Wildman–Crippen MR) is 108 cm³/mol. The maximum Gasteiger partial charge on any atom is 0.307 e. The van der Waals surface area contributed by atoms with E-state index in [1.807, 2.05) is 24.3 Å². The molecule has 2 aromatic rings. The number of anilines is 1. The lowest BCUT2D eigenvalue weighted by Gasteiger charge is -2.19. The number of rotatable bonds is 8. The molecule has 0 saturated carbocycles. The van der Waals surface area contributed by atoms with Crippen LogP contribution in [-0.2, 0) is 21.4 Å². The van der Waals surface area contributed by atoms with Crippen LogP contribution in [0.25, 0.3) is 0 Å². The number of hydrogen-bond acceptors (Lipinski definition) is 4. The molecule has 0 aliphatic carbocycles. The molecule has 0 saturated heterocycles. The second kappa shape index (κ2) is 9.26. The molecule has 150 valence electrons. The van der Waals surface area contributed by atoms with E-state index in [0.717, 1.165) is 5.75 Å². The van der Waals surface area contributed by atoms with Gasteiger partial charge in [-0.1, -0.05) is 39.0 Å². The monoisotopic (exact) mass is 385 g/mol. The molecular weight excluding hydrogens is 358 g/mol. The lowest BCUT2D eigenvalue weighted by atomic mass is 9.87. The fraction of sp³-hybridized carbons (Fsp3) is 0.364. The summed E-state index contributed by atoms with van der Waals surface area (Å²) in [4.78, 5) is 22.9. The van der Waals surface area contributed by atoms with E-state index in [1.165, 1.54) is 23.8 Å². The second-order valence-corrected chi connectivity index (χ2v) is 7.70. The number of carbonyl (C=O) groups is 2. The molecule has 0 aliphatic heterocycles. The van der Waals surface area contributed by atoms with E-state index in [-0.39, 0.29) is 35.6 Å². The van der Waals surface area contributed by atoms with Gasteiger partial charge < -0.3 is 20.3 Å². The number of aliphatic carboxylic acids is 1. The van der Waals surface area contributed by atoms with Gasteiger partial charge in [-0.2, -0.15) is 0 Å². The minimum atomic E-state index is -0.976. The molecule has 0 radical (unpaired) electrons. The maximum absolute atomic E-state index is 12.1. The van der Waals surface area contributed by atoms with E-state index in [4.69, 9.17) is 9.84 Å². The quantitative estimate of drug-likeness (QED) is 0.469. The first-order valence-electron chi connectivity index (χ1n) is 9.22. The summed E-state index contributed by atoms with van der Waals surface area (Å²) in [6, 6.07) is 12.3. The number of benzene rings is 2. The van der Waals surface area contributed by atoms with Gasteiger partial charge >= 0.3 is 5.97 Å². The minimum absolute atomic E-state index is 0.0872. The van der Waals surface area contributed by atoms with Gasteiger partial charge in [-0.05, 0) is 47.2 Å². The number of amides is 1.